The number of piperidine rings is 1. The van der Waals surface area contributed by atoms with Crippen molar-refractivity contribution >= 4 is 10.0 Å². The Bertz CT molecular complexity index is 525. The lowest BCUT2D eigenvalue weighted by molar-refractivity contribution is 0.414. The predicted molar refractivity (Wildman–Crippen MR) is 79.5 cm³/mol. The zero-order chi connectivity index (χ0) is 14.4. The third-order valence-corrected chi connectivity index (χ3v) is 5.53. The Kier molecular flexibility index (Phi) is 5.39. The Hall–Kier alpha value is -1.11. The molecule has 5 nitrogen and oxygen atoms in total. The summed E-state index contributed by atoms with van der Waals surface area (Å²) in [5.41, 5.74) is 1.07. The van der Waals surface area contributed by atoms with Crippen LogP contribution in [0.4, 0.5) is 0 Å². The van der Waals surface area contributed by atoms with E-state index < -0.39 is 10.0 Å². The number of nitrogens with one attached hydrogen (secondary N) is 2. The lowest BCUT2D eigenvalue weighted by Crippen LogP contribution is -2.42. The fraction of sp³-hybridized carbons (Fsp3) is 0.571. The molecular formula is C14H22N2O3S. The molecule has 1 fully saturated rings. The molecule has 0 amide bonds. The lowest BCUT2D eigenvalue weighted by atomic mass is 10.1. The number of benzene rings is 1. The molecule has 0 bridgehead atoms. The first-order valence-electron chi connectivity index (χ1n) is 6.94. The first-order valence-corrected chi connectivity index (χ1v) is 8.48. The number of methoxy groups -OCH3 is 1. The van der Waals surface area contributed by atoms with Crippen LogP contribution in [0, 0.1) is 0 Å². The van der Waals surface area contributed by atoms with E-state index >= 15 is 0 Å². The molecule has 0 saturated carbocycles. The topological polar surface area (TPSA) is 67.4 Å². The largest absolute Gasteiger partial charge is 0.497 e. The summed E-state index contributed by atoms with van der Waals surface area (Å²) in [5, 5.41) is 2.92. The van der Waals surface area contributed by atoms with Crippen LogP contribution in [0.15, 0.2) is 24.3 Å². The van der Waals surface area contributed by atoms with Crippen LogP contribution >= 0.6 is 0 Å². The van der Waals surface area contributed by atoms with Gasteiger partial charge in [-0.15, -0.1) is 0 Å². The van der Waals surface area contributed by atoms with Crippen LogP contribution in [0.2, 0.25) is 0 Å². The molecule has 1 aliphatic rings. The number of hydrogen-bond donors (Lipinski definition) is 2. The van der Waals surface area contributed by atoms with Gasteiger partial charge in [-0.2, -0.15) is 0 Å². The quantitative estimate of drug-likeness (QED) is 0.819. The van der Waals surface area contributed by atoms with E-state index in [2.05, 4.69) is 10.0 Å². The monoisotopic (exact) mass is 298 g/mol. The summed E-state index contributed by atoms with van der Waals surface area (Å²) < 4.78 is 32.1. The Balaban J connectivity index is 1.85. The molecule has 1 aliphatic heterocycles. The van der Waals surface area contributed by atoms with Crippen molar-refractivity contribution in [1.82, 2.24) is 10.0 Å². The second-order valence-corrected chi connectivity index (χ2v) is 7.04. The van der Waals surface area contributed by atoms with Gasteiger partial charge in [-0.25, -0.2) is 13.1 Å². The van der Waals surface area contributed by atoms with Crippen molar-refractivity contribution in [3.05, 3.63) is 29.8 Å². The lowest BCUT2D eigenvalue weighted by Gasteiger charge is -2.22. The molecule has 0 radical (unpaired) electrons. The Labute approximate surface area is 120 Å². The SMILES string of the molecule is COc1cccc(CCNS(=O)(=O)C2CCNCC2)c1. The highest BCUT2D eigenvalue weighted by Crippen LogP contribution is 2.14. The summed E-state index contributed by atoms with van der Waals surface area (Å²) in [7, 11) is -1.57. The summed E-state index contributed by atoms with van der Waals surface area (Å²) in [6.07, 6.45) is 2.05. The average molecular weight is 298 g/mol. The zero-order valence-corrected chi connectivity index (χ0v) is 12.6. The van der Waals surface area contributed by atoms with Crippen molar-refractivity contribution in [2.45, 2.75) is 24.5 Å². The second kappa shape index (κ2) is 7.06. The number of rotatable bonds is 6. The van der Waals surface area contributed by atoms with Crippen molar-refractivity contribution in [2.24, 2.45) is 0 Å². The molecule has 0 aliphatic carbocycles. The van der Waals surface area contributed by atoms with Gasteiger partial charge in [-0.3, -0.25) is 0 Å². The van der Waals surface area contributed by atoms with Crippen molar-refractivity contribution in [3.63, 3.8) is 0 Å². The fourth-order valence-electron chi connectivity index (χ4n) is 2.39. The van der Waals surface area contributed by atoms with Crippen LogP contribution in [0.1, 0.15) is 18.4 Å². The molecule has 1 saturated heterocycles. The third kappa shape index (κ3) is 4.19. The summed E-state index contributed by atoms with van der Waals surface area (Å²) in [6.45, 7) is 1.99. The minimum absolute atomic E-state index is 0.256. The van der Waals surface area contributed by atoms with Gasteiger partial charge in [0.1, 0.15) is 5.75 Å². The molecule has 1 aromatic carbocycles. The number of hydrogen-bond acceptors (Lipinski definition) is 4. The minimum Gasteiger partial charge on any atom is -0.497 e. The highest BCUT2D eigenvalue weighted by atomic mass is 32.2. The van der Waals surface area contributed by atoms with Crippen molar-refractivity contribution < 1.29 is 13.2 Å². The normalized spacial score (nSPS) is 17.1. The van der Waals surface area contributed by atoms with Gasteiger partial charge in [0, 0.05) is 6.54 Å². The molecule has 2 rings (SSSR count). The van der Waals surface area contributed by atoms with E-state index in [1.54, 1.807) is 7.11 Å². The summed E-state index contributed by atoms with van der Waals surface area (Å²) in [4.78, 5) is 0. The van der Waals surface area contributed by atoms with Gasteiger partial charge >= 0.3 is 0 Å². The molecule has 1 heterocycles. The maximum absolute atomic E-state index is 12.1. The van der Waals surface area contributed by atoms with E-state index in [0.717, 1.165) is 24.4 Å². The van der Waals surface area contributed by atoms with E-state index in [1.165, 1.54) is 0 Å². The first-order chi connectivity index (χ1) is 9.62. The van der Waals surface area contributed by atoms with Gasteiger partial charge in [-0.1, -0.05) is 12.1 Å². The van der Waals surface area contributed by atoms with Crippen LogP contribution in [0.3, 0.4) is 0 Å². The Morgan fingerprint density at radius 2 is 2.10 bits per heavy atom. The van der Waals surface area contributed by atoms with E-state index in [4.69, 9.17) is 4.74 Å². The van der Waals surface area contributed by atoms with Crippen molar-refractivity contribution in [2.75, 3.05) is 26.7 Å². The molecule has 0 aromatic heterocycles. The molecule has 20 heavy (non-hydrogen) atoms. The Morgan fingerprint density at radius 1 is 1.35 bits per heavy atom. The summed E-state index contributed by atoms with van der Waals surface area (Å²) >= 11 is 0. The van der Waals surface area contributed by atoms with Crippen LogP contribution in [-0.2, 0) is 16.4 Å². The molecule has 0 spiro atoms. The summed E-state index contributed by atoms with van der Waals surface area (Å²) in [6, 6.07) is 7.69. The highest BCUT2D eigenvalue weighted by Gasteiger charge is 2.26. The number of sulfonamides is 1. The van der Waals surface area contributed by atoms with Crippen LogP contribution in [-0.4, -0.2) is 40.4 Å². The molecule has 0 unspecified atom stereocenters. The molecule has 112 valence electrons. The van der Waals surface area contributed by atoms with Gasteiger partial charge in [0.05, 0.1) is 12.4 Å². The van der Waals surface area contributed by atoms with Gasteiger partial charge in [0.15, 0.2) is 0 Å². The second-order valence-electron chi connectivity index (χ2n) is 4.99. The highest BCUT2D eigenvalue weighted by molar-refractivity contribution is 7.90. The van der Waals surface area contributed by atoms with E-state index in [0.29, 0.717) is 25.8 Å². The van der Waals surface area contributed by atoms with Crippen molar-refractivity contribution in [3.8, 4) is 5.75 Å². The average Bonchev–Trinajstić information content (AvgIpc) is 2.48. The predicted octanol–water partition coefficient (Wildman–Crippen LogP) is 0.909. The van der Waals surface area contributed by atoms with Crippen LogP contribution in [0.25, 0.3) is 0 Å². The maximum atomic E-state index is 12.1. The first kappa shape index (κ1) is 15.3. The summed E-state index contributed by atoms with van der Waals surface area (Å²) in [5.74, 6) is 0.795. The van der Waals surface area contributed by atoms with Gasteiger partial charge < -0.3 is 10.1 Å². The molecule has 0 atom stereocenters. The molecule has 6 heteroatoms. The Morgan fingerprint density at radius 3 is 2.80 bits per heavy atom. The van der Waals surface area contributed by atoms with Gasteiger partial charge in [0.25, 0.3) is 0 Å². The molecule has 2 N–H and O–H groups in total. The fourth-order valence-corrected chi connectivity index (χ4v) is 3.87. The van der Waals surface area contributed by atoms with E-state index in [-0.39, 0.29) is 5.25 Å². The minimum atomic E-state index is -3.19. The standard InChI is InChI=1S/C14H22N2O3S/c1-19-13-4-2-3-12(11-13)5-10-16-20(17,18)14-6-8-15-9-7-14/h2-4,11,14-16H,5-10H2,1H3. The molecule has 1 aromatic rings. The van der Waals surface area contributed by atoms with Gasteiger partial charge in [0.2, 0.25) is 10.0 Å². The smallest absolute Gasteiger partial charge is 0.214 e. The zero-order valence-electron chi connectivity index (χ0n) is 11.8. The van der Waals surface area contributed by atoms with Crippen LogP contribution in [0.5, 0.6) is 5.75 Å². The van der Waals surface area contributed by atoms with E-state index in [9.17, 15) is 8.42 Å². The third-order valence-electron chi connectivity index (χ3n) is 3.58. The molecular weight excluding hydrogens is 276 g/mol. The van der Waals surface area contributed by atoms with E-state index in [1.807, 2.05) is 24.3 Å². The maximum Gasteiger partial charge on any atom is 0.214 e. The van der Waals surface area contributed by atoms with Crippen molar-refractivity contribution in [1.29, 1.82) is 0 Å². The number of ether oxygens (including phenoxy) is 1. The van der Waals surface area contributed by atoms with Gasteiger partial charge in [-0.05, 0) is 50.0 Å². The van der Waals surface area contributed by atoms with Crippen LogP contribution < -0.4 is 14.8 Å².